The SMILES string of the molecule is CCCCC/C=C\C/C=C\CCCCCCC(=O)C(=O)OC. The number of methoxy groups -OCH3 is 1. The fraction of sp³-hybridized carbons (Fsp3) is 0.684. The summed E-state index contributed by atoms with van der Waals surface area (Å²) in [6.45, 7) is 2.23. The molecule has 0 amide bonds. The van der Waals surface area contributed by atoms with Crippen LogP contribution >= 0.6 is 0 Å². The van der Waals surface area contributed by atoms with Crippen molar-refractivity contribution in [1.29, 1.82) is 0 Å². The van der Waals surface area contributed by atoms with E-state index in [0.717, 1.165) is 38.5 Å². The maximum atomic E-state index is 11.2. The third-order valence-electron chi connectivity index (χ3n) is 3.52. The van der Waals surface area contributed by atoms with E-state index in [1.54, 1.807) is 0 Å². The number of hydrogen-bond donors (Lipinski definition) is 0. The molecule has 0 bridgehead atoms. The largest absolute Gasteiger partial charge is 0.463 e. The van der Waals surface area contributed by atoms with Crippen molar-refractivity contribution in [2.24, 2.45) is 0 Å². The molecular formula is C19H32O3. The van der Waals surface area contributed by atoms with Gasteiger partial charge in [-0.1, -0.05) is 56.9 Å². The molecule has 0 heterocycles. The van der Waals surface area contributed by atoms with E-state index >= 15 is 0 Å². The molecule has 3 heteroatoms. The monoisotopic (exact) mass is 308 g/mol. The number of hydrogen-bond acceptors (Lipinski definition) is 3. The lowest BCUT2D eigenvalue weighted by atomic mass is 10.1. The van der Waals surface area contributed by atoms with Crippen LogP contribution in [0.2, 0.25) is 0 Å². The summed E-state index contributed by atoms with van der Waals surface area (Å²) in [6, 6.07) is 0. The highest BCUT2D eigenvalue weighted by Crippen LogP contribution is 2.07. The first-order valence-electron chi connectivity index (χ1n) is 8.63. The zero-order chi connectivity index (χ0) is 16.5. The zero-order valence-corrected chi connectivity index (χ0v) is 14.3. The molecule has 0 rings (SSSR count). The fourth-order valence-corrected chi connectivity index (χ4v) is 2.14. The number of Topliss-reactive ketones (excluding diaryl/α,β-unsaturated/α-hetero) is 1. The lowest BCUT2D eigenvalue weighted by Crippen LogP contribution is -2.14. The Morgan fingerprint density at radius 3 is 2.00 bits per heavy atom. The highest BCUT2D eigenvalue weighted by atomic mass is 16.5. The summed E-state index contributed by atoms with van der Waals surface area (Å²) in [6.07, 6.45) is 20.5. The molecule has 0 aromatic rings. The van der Waals surface area contributed by atoms with Crippen LogP contribution in [0.3, 0.4) is 0 Å². The highest BCUT2D eigenvalue weighted by Gasteiger charge is 2.12. The Kier molecular flexibility index (Phi) is 15.0. The number of esters is 1. The Morgan fingerprint density at radius 2 is 1.41 bits per heavy atom. The van der Waals surface area contributed by atoms with Crippen LogP contribution in [0.4, 0.5) is 0 Å². The van der Waals surface area contributed by atoms with Gasteiger partial charge in [0.2, 0.25) is 5.78 Å². The Balaban J connectivity index is 3.33. The minimum absolute atomic E-state index is 0.311. The average molecular weight is 308 g/mol. The first-order valence-corrected chi connectivity index (χ1v) is 8.63. The number of carbonyl (C=O) groups is 2. The van der Waals surface area contributed by atoms with E-state index < -0.39 is 11.8 Å². The summed E-state index contributed by atoms with van der Waals surface area (Å²) in [5.74, 6) is -1.13. The second-order valence-corrected chi connectivity index (χ2v) is 5.54. The molecule has 0 aliphatic heterocycles. The van der Waals surface area contributed by atoms with Gasteiger partial charge in [-0.15, -0.1) is 0 Å². The van der Waals surface area contributed by atoms with Gasteiger partial charge in [0, 0.05) is 6.42 Å². The lowest BCUT2D eigenvalue weighted by molar-refractivity contribution is -0.151. The zero-order valence-electron chi connectivity index (χ0n) is 14.3. The number of allylic oxidation sites excluding steroid dienone is 4. The van der Waals surface area contributed by atoms with Crippen molar-refractivity contribution in [2.45, 2.75) is 77.6 Å². The van der Waals surface area contributed by atoms with Crippen LogP contribution in [-0.4, -0.2) is 18.9 Å². The van der Waals surface area contributed by atoms with Gasteiger partial charge in [-0.05, 0) is 38.5 Å². The van der Waals surface area contributed by atoms with E-state index in [9.17, 15) is 9.59 Å². The van der Waals surface area contributed by atoms with Gasteiger partial charge in [0.15, 0.2) is 0 Å². The molecule has 3 nitrogen and oxygen atoms in total. The number of ether oxygens (including phenoxy) is 1. The summed E-state index contributed by atoms with van der Waals surface area (Å²) in [5.41, 5.74) is 0. The second-order valence-electron chi connectivity index (χ2n) is 5.54. The molecule has 0 N–H and O–H groups in total. The minimum Gasteiger partial charge on any atom is -0.463 e. The van der Waals surface area contributed by atoms with Crippen LogP contribution in [0.1, 0.15) is 77.6 Å². The van der Waals surface area contributed by atoms with E-state index in [2.05, 4.69) is 36.0 Å². The Hall–Kier alpha value is -1.38. The molecule has 0 saturated carbocycles. The Bertz CT molecular complexity index is 343. The predicted molar refractivity (Wildman–Crippen MR) is 91.8 cm³/mol. The van der Waals surface area contributed by atoms with Gasteiger partial charge in [-0.3, -0.25) is 4.79 Å². The van der Waals surface area contributed by atoms with Gasteiger partial charge in [-0.25, -0.2) is 4.79 Å². The van der Waals surface area contributed by atoms with Gasteiger partial charge < -0.3 is 4.74 Å². The molecule has 0 aromatic carbocycles. The van der Waals surface area contributed by atoms with Crippen LogP contribution < -0.4 is 0 Å². The molecule has 0 aromatic heterocycles. The van der Waals surface area contributed by atoms with E-state index in [-0.39, 0.29) is 0 Å². The molecule has 0 aliphatic rings. The molecule has 22 heavy (non-hydrogen) atoms. The molecule has 0 atom stereocenters. The van der Waals surface area contributed by atoms with Gasteiger partial charge in [0.1, 0.15) is 0 Å². The smallest absolute Gasteiger partial charge is 0.374 e. The second kappa shape index (κ2) is 16.0. The van der Waals surface area contributed by atoms with Gasteiger partial charge in [-0.2, -0.15) is 0 Å². The fourth-order valence-electron chi connectivity index (χ4n) is 2.14. The maximum absolute atomic E-state index is 11.2. The molecular weight excluding hydrogens is 276 g/mol. The number of rotatable bonds is 14. The third-order valence-corrected chi connectivity index (χ3v) is 3.52. The van der Waals surface area contributed by atoms with Crippen molar-refractivity contribution < 1.29 is 14.3 Å². The van der Waals surface area contributed by atoms with Crippen molar-refractivity contribution in [3.05, 3.63) is 24.3 Å². The molecule has 0 aliphatic carbocycles. The molecule has 0 radical (unpaired) electrons. The molecule has 0 fully saturated rings. The van der Waals surface area contributed by atoms with Crippen molar-refractivity contribution in [3.8, 4) is 0 Å². The standard InChI is InChI=1S/C19H32O3/c1-3-4-5-6-7-8-9-10-11-12-13-14-15-16-17-18(20)19(21)22-2/h7-8,10-11H,3-6,9,12-17H2,1-2H3/b8-7-,11-10-. The maximum Gasteiger partial charge on any atom is 0.374 e. The normalized spacial score (nSPS) is 11.4. The number of carbonyl (C=O) groups excluding carboxylic acids is 2. The summed E-state index contributed by atoms with van der Waals surface area (Å²) >= 11 is 0. The van der Waals surface area contributed by atoms with Crippen molar-refractivity contribution >= 4 is 11.8 Å². The van der Waals surface area contributed by atoms with Crippen LogP contribution in [0.5, 0.6) is 0 Å². The lowest BCUT2D eigenvalue weighted by Gasteiger charge is -1.99. The molecule has 0 spiro atoms. The van der Waals surface area contributed by atoms with Crippen LogP contribution in [-0.2, 0) is 14.3 Å². The van der Waals surface area contributed by atoms with Crippen LogP contribution in [0.25, 0.3) is 0 Å². The summed E-state index contributed by atoms with van der Waals surface area (Å²) in [5, 5.41) is 0. The molecule has 0 unspecified atom stereocenters. The van der Waals surface area contributed by atoms with Crippen molar-refractivity contribution in [2.75, 3.05) is 7.11 Å². The number of ketones is 1. The highest BCUT2D eigenvalue weighted by molar-refractivity contribution is 6.33. The molecule has 0 saturated heterocycles. The van der Waals surface area contributed by atoms with Gasteiger partial charge in [0.25, 0.3) is 0 Å². The van der Waals surface area contributed by atoms with Gasteiger partial charge in [0.05, 0.1) is 7.11 Å². The summed E-state index contributed by atoms with van der Waals surface area (Å²) in [7, 11) is 1.24. The van der Waals surface area contributed by atoms with Crippen molar-refractivity contribution in [1.82, 2.24) is 0 Å². The topological polar surface area (TPSA) is 43.4 Å². The van der Waals surface area contributed by atoms with E-state index in [4.69, 9.17) is 0 Å². The van der Waals surface area contributed by atoms with Crippen molar-refractivity contribution in [3.63, 3.8) is 0 Å². The van der Waals surface area contributed by atoms with E-state index in [1.165, 1.54) is 32.8 Å². The number of unbranched alkanes of at least 4 members (excludes halogenated alkanes) is 7. The third kappa shape index (κ3) is 13.6. The predicted octanol–water partition coefficient (Wildman–Crippen LogP) is 5.15. The summed E-state index contributed by atoms with van der Waals surface area (Å²) in [4.78, 5) is 22.1. The molecule has 126 valence electrons. The Morgan fingerprint density at radius 1 is 0.818 bits per heavy atom. The first-order chi connectivity index (χ1) is 10.7. The van der Waals surface area contributed by atoms with E-state index in [0.29, 0.717) is 6.42 Å². The minimum atomic E-state index is -0.717. The Labute approximate surface area is 135 Å². The average Bonchev–Trinajstić information content (AvgIpc) is 2.54. The van der Waals surface area contributed by atoms with Crippen LogP contribution in [0, 0.1) is 0 Å². The summed E-state index contributed by atoms with van der Waals surface area (Å²) < 4.78 is 4.38. The quantitative estimate of drug-likeness (QED) is 0.193. The van der Waals surface area contributed by atoms with E-state index in [1.807, 2.05) is 0 Å². The van der Waals surface area contributed by atoms with Gasteiger partial charge >= 0.3 is 5.97 Å². The van der Waals surface area contributed by atoms with Crippen LogP contribution in [0.15, 0.2) is 24.3 Å². The first kappa shape index (κ1) is 20.6.